The van der Waals surface area contributed by atoms with Gasteiger partial charge in [-0.05, 0) is 31.0 Å². The van der Waals surface area contributed by atoms with Crippen LogP contribution in [0.2, 0.25) is 0 Å². The van der Waals surface area contributed by atoms with Gasteiger partial charge in [-0.2, -0.15) is 0 Å². The van der Waals surface area contributed by atoms with E-state index in [2.05, 4.69) is 15.3 Å². The van der Waals surface area contributed by atoms with Crippen molar-refractivity contribution in [3.63, 3.8) is 0 Å². The van der Waals surface area contributed by atoms with E-state index in [-0.39, 0.29) is 17.9 Å². The molecule has 2 fully saturated rings. The van der Waals surface area contributed by atoms with Crippen molar-refractivity contribution < 1.29 is 9.53 Å². The molecule has 0 unspecified atom stereocenters. The molecule has 0 bridgehead atoms. The van der Waals surface area contributed by atoms with E-state index in [9.17, 15) is 4.79 Å². The van der Waals surface area contributed by atoms with Crippen molar-refractivity contribution >= 4 is 17.4 Å². The predicted octanol–water partition coefficient (Wildman–Crippen LogP) is 2.53. The third-order valence-corrected chi connectivity index (χ3v) is 4.36. The van der Waals surface area contributed by atoms with Gasteiger partial charge in [-0.3, -0.25) is 4.79 Å². The first-order chi connectivity index (χ1) is 11.8. The molecule has 1 aliphatic heterocycles. The summed E-state index contributed by atoms with van der Waals surface area (Å²) in [6.07, 6.45) is 3.72. The second kappa shape index (κ2) is 6.57. The average molecular weight is 324 g/mol. The van der Waals surface area contributed by atoms with Gasteiger partial charge in [0, 0.05) is 24.3 Å². The Morgan fingerprint density at radius 3 is 2.83 bits per heavy atom. The second-order valence-electron chi connectivity index (χ2n) is 6.19. The Hall–Kier alpha value is -2.47. The number of para-hydroxylation sites is 1. The summed E-state index contributed by atoms with van der Waals surface area (Å²) < 4.78 is 5.58. The minimum atomic E-state index is -0.204. The van der Waals surface area contributed by atoms with Crippen molar-refractivity contribution in [2.75, 3.05) is 25.1 Å². The lowest BCUT2D eigenvalue weighted by molar-refractivity contribution is -0.141. The molecule has 1 N–H and O–H groups in total. The quantitative estimate of drug-likeness (QED) is 0.936. The first kappa shape index (κ1) is 15.1. The molecular weight excluding hydrogens is 304 g/mol. The van der Waals surface area contributed by atoms with Gasteiger partial charge in [-0.1, -0.05) is 18.2 Å². The summed E-state index contributed by atoms with van der Waals surface area (Å²) in [5.41, 5.74) is 0.966. The fourth-order valence-corrected chi connectivity index (χ4v) is 2.92. The van der Waals surface area contributed by atoms with Crippen LogP contribution in [0.4, 0.5) is 11.5 Å². The average Bonchev–Trinajstić information content (AvgIpc) is 3.47. The van der Waals surface area contributed by atoms with Crippen LogP contribution in [0, 0.1) is 5.92 Å². The molecule has 2 aliphatic rings. The molecule has 1 amide bonds. The molecule has 1 saturated carbocycles. The zero-order valence-electron chi connectivity index (χ0n) is 13.4. The highest BCUT2D eigenvalue weighted by atomic mass is 16.5. The first-order valence-corrected chi connectivity index (χ1v) is 8.34. The minimum absolute atomic E-state index is 0.191. The topological polar surface area (TPSA) is 67.4 Å². The van der Waals surface area contributed by atoms with Crippen LogP contribution in [0.3, 0.4) is 0 Å². The largest absolute Gasteiger partial charge is 0.377 e. The highest BCUT2D eigenvalue weighted by Crippen LogP contribution is 2.34. The number of morpholine rings is 1. The Bertz CT molecular complexity index is 718. The lowest BCUT2D eigenvalue weighted by Crippen LogP contribution is -2.44. The second-order valence-corrected chi connectivity index (χ2v) is 6.19. The fourth-order valence-electron chi connectivity index (χ4n) is 2.92. The number of hydrogen-bond donors (Lipinski definition) is 1. The Balaban J connectivity index is 1.55. The molecule has 24 heavy (non-hydrogen) atoms. The Kier molecular flexibility index (Phi) is 4.13. The number of amides is 1. The molecule has 6 heteroatoms. The normalized spacial score (nSPS) is 20.7. The summed E-state index contributed by atoms with van der Waals surface area (Å²) in [6, 6.07) is 11.5. The maximum atomic E-state index is 12.5. The number of aromatic nitrogens is 2. The van der Waals surface area contributed by atoms with Crippen LogP contribution < -0.4 is 5.32 Å². The van der Waals surface area contributed by atoms with Crippen molar-refractivity contribution in [3.05, 3.63) is 48.4 Å². The van der Waals surface area contributed by atoms with E-state index < -0.39 is 0 Å². The SMILES string of the molecule is O=C(C1CC1)N1CCOC[C@@H]1c1nccc(Nc2ccccc2)n1. The number of carbonyl (C=O) groups is 1. The van der Waals surface area contributed by atoms with Crippen molar-refractivity contribution in [2.24, 2.45) is 5.92 Å². The van der Waals surface area contributed by atoms with E-state index in [1.54, 1.807) is 6.20 Å². The molecule has 2 heterocycles. The minimum Gasteiger partial charge on any atom is -0.377 e. The van der Waals surface area contributed by atoms with Gasteiger partial charge in [-0.15, -0.1) is 0 Å². The highest BCUT2D eigenvalue weighted by molar-refractivity contribution is 5.81. The van der Waals surface area contributed by atoms with E-state index in [0.29, 0.717) is 25.6 Å². The molecule has 2 aromatic rings. The Morgan fingerprint density at radius 1 is 1.21 bits per heavy atom. The van der Waals surface area contributed by atoms with Crippen LogP contribution in [-0.2, 0) is 9.53 Å². The number of carbonyl (C=O) groups excluding carboxylic acids is 1. The molecule has 0 spiro atoms. The molecule has 6 nitrogen and oxygen atoms in total. The molecule has 1 saturated heterocycles. The fraction of sp³-hybridized carbons (Fsp3) is 0.389. The molecule has 1 aromatic carbocycles. The number of nitrogens with one attached hydrogen (secondary N) is 1. The van der Waals surface area contributed by atoms with Gasteiger partial charge in [0.25, 0.3) is 0 Å². The Labute approximate surface area is 140 Å². The molecule has 4 rings (SSSR count). The van der Waals surface area contributed by atoms with Crippen LogP contribution in [-0.4, -0.2) is 40.5 Å². The van der Waals surface area contributed by atoms with E-state index in [0.717, 1.165) is 24.3 Å². The van der Waals surface area contributed by atoms with E-state index in [4.69, 9.17) is 4.74 Å². The number of ether oxygens (including phenoxy) is 1. The van der Waals surface area contributed by atoms with Crippen molar-refractivity contribution in [2.45, 2.75) is 18.9 Å². The van der Waals surface area contributed by atoms with E-state index >= 15 is 0 Å². The van der Waals surface area contributed by atoms with Crippen molar-refractivity contribution in [1.82, 2.24) is 14.9 Å². The summed E-state index contributed by atoms with van der Waals surface area (Å²) in [6.45, 7) is 1.64. The summed E-state index contributed by atoms with van der Waals surface area (Å²) in [5.74, 6) is 1.75. The van der Waals surface area contributed by atoms with Crippen LogP contribution in [0.1, 0.15) is 24.7 Å². The molecule has 1 atom stereocenters. The molecule has 1 aliphatic carbocycles. The van der Waals surface area contributed by atoms with Crippen molar-refractivity contribution in [1.29, 1.82) is 0 Å². The van der Waals surface area contributed by atoms with Gasteiger partial charge >= 0.3 is 0 Å². The van der Waals surface area contributed by atoms with Gasteiger partial charge in [0.1, 0.15) is 11.9 Å². The van der Waals surface area contributed by atoms with Crippen molar-refractivity contribution in [3.8, 4) is 0 Å². The summed E-state index contributed by atoms with van der Waals surface area (Å²) in [4.78, 5) is 23.4. The third-order valence-electron chi connectivity index (χ3n) is 4.36. The smallest absolute Gasteiger partial charge is 0.226 e. The molecule has 1 aromatic heterocycles. The summed E-state index contributed by atoms with van der Waals surface area (Å²) >= 11 is 0. The van der Waals surface area contributed by atoms with E-state index in [1.165, 1.54) is 0 Å². The van der Waals surface area contributed by atoms with Gasteiger partial charge in [-0.25, -0.2) is 9.97 Å². The zero-order valence-corrected chi connectivity index (χ0v) is 13.4. The van der Waals surface area contributed by atoms with Crippen LogP contribution >= 0.6 is 0 Å². The Morgan fingerprint density at radius 2 is 2.04 bits per heavy atom. The number of hydrogen-bond acceptors (Lipinski definition) is 5. The predicted molar refractivity (Wildman–Crippen MR) is 89.8 cm³/mol. The zero-order chi connectivity index (χ0) is 16.4. The van der Waals surface area contributed by atoms with Gasteiger partial charge in [0.15, 0.2) is 5.82 Å². The van der Waals surface area contributed by atoms with Gasteiger partial charge < -0.3 is 15.0 Å². The third kappa shape index (κ3) is 3.23. The summed E-state index contributed by atoms with van der Waals surface area (Å²) in [7, 11) is 0. The lowest BCUT2D eigenvalue weighted by Gasteiger charge is -2.34. The summed E-state index contributed by atoms with van der Waals surface area (Å²) in [5, 5.41) is 3.27. The standard InChI is InChI=1S/C18H20N4O2/c23-18(13-6-7-13)22-10-11-24-12-15(22)17-19-9-8-16(21-17)20-14-4-2-1-3-5-14/h1-5,8-9,13,15H,6-7,10-12H2,(H,19,20,21)/t15-/m1/s1. The maximum Gasteiger partial charge on any atom is 0.226 e. The monoisotopic (exact) mass is 324 g/mol. The number of nitrogens with zero attached hydrogens (tertiary/aromatic N) is 3. The lowest BCUT2D eigenvalue weighted by atomic mass is 10.2. The van der Waals surface area contributed by atoms with Crippen LogP contribution in [0.15, 0.2) is 42.6 Å². The van der Waals surface area contributed by atoms with Crippen LogP contribution in [0.5, 0.6) is 0 Å². The van der Waals surface area contributed by atoms with Gasteiger partial charge in [0.05, 0.1) is 13.2 Å². The highest BCUT2D eigenvalue weighted by Gasteiger charge is 2.39. The molecule has 124 valence electrons. The number of rotatable bonds is 4. The van der Waals surface area contributed by atoms with E-state index in [1.807, 2.05) is 41.3 Å². The molecular formula is C18H20N4O2. The van der Waals surface area contributed by atoms with Crippen LogP contribution in [0.25, 0.3) is 0 Å². The first-order valence-electron chi connectivity index (χ1n) is 8.34. The maximum absolute atomic E-state index is 12.5. The number of anilines is 2. The van der Waals surface area contributed by atoms with Gasteiger partial charge in [0.2, 0.25) is 5.91 Å². The molecule has 0 radical (unpaired) electrons. The number of benzene rings is 1.